The first kappa shape index (κ1) is 13.7. The number of hydrogen-bond donors (Lipinski definition) is 1. The Morgan fingerprint density at radius 1 is 1.29 bits per heavy atom. The van der Waals surface area contributed by atoms with Crippen molar-refractivity contribution in [3.05, 3.63) is 35.4 Å². The number of unbranched alkanes of at least 4 members (excludes halogenated alkanes) is 1. The summed E-state index contributed by atoms with van der Waals surface area (Å²) < 4.78 is 0. The van der Waals surface area contributed by atoms with Gasteiger partial charge in [-0.1, -0.05) is 38.5 Å². The van der Waals surface area contributed by atoms with Gasteiger partial charge in [0.2, 0.25) is 5.91 Å². The molecule has 0 spiro atoms. The van der Waals surface area contributed by atoms with Crippen LogP contribution >= 0.6 is 0 Å². The van der Waals surface area contributed by atoms with E-state index in [1.807, 2.05) is 18.2 Å². The van der Waals surface area contributed by atoms with Gasteiger partial charge in [0.1, 0.15) is 0 Å². The maximum Gasteiger partial charge on any atom is 0.249 e. The third-order valence-electron chi connectivity index (χ3n) is 2.95. The van der Waals surface area contributed by atoms with E-state index in [9.17, 15) is 4.79 Å². The van der Waals surface area contributed by atoms with Crippen molar-refractivity contribution in [3.63, 3.8) is 0 Å². The molecule has 0 saturated carbocycles. The van der Waals surface area contributed by atoms with Crippen LogP contribution in [-0.4, -0.2) is 23.9 Å². The molecular formula is C14H22N2O. The minimum Gasteiger partial charge on any atom is -0.366 e. The van der Waals surface area contributed by atoms with Gasteiger partial charge in [0, 0.05) is 12.1 Å². The van der Waals surface area contributed by atoms with Crippen molar-refractivity contribution in [2.45, 2.75) is 33.2 Å². The van der Waals surface area contributed by atoms with Gasteiger partial charge >= 0.3 is 0 Å². The SMILES string of the molecule is CCCCN(CC)Cc1ccccc1C(N)=O. The van der Waals surface area contributed by atoms with E-state index in [-0.39, 0.29) is 5.91 Å². The van der Waals surface area contributed by atoms with Crippen LogP contribution in [0.2, 0.25) is 0 Å². The number of carbonyl (C=O) groups excluding carboxylic acids is 1. The van der Waals surface area contributed by atoms with E-state index < -0.39 is 0 Å². The van der Waals surface area contributed by atoms with Gasteiger partial charge in [-0.05, 0) is 31.1 Å². The van der Waals surface area contributed by atoms with E-state index in [0.717, 1.165) is 25.2 Å². The highest BCUT2D eigenvalue weighted by Gasteiger charge is 2.10. The van der Waals surface area contributed by atoms with Crippen LogP contribution in [0.1, 0.15) is 42.6 Å². The number of hydrogen-bond acceptors (Lipinski definition) is 2. The molecule has 3 heteroatoms. The molecule has 2 N–H and O–H groups in total. The highest BCUT2D eigenvalue weighted by Crippen LogP contribution is 2.11. The summed E-state index contributed by atoms with van der Waals surface area (Å²) in [5.74, 6) is -0.341. The van der Waals surface area contributed by atoms with Gasteiger partial charge in [-0.3, -0.25) is 9.69 Å². The topological polar surface area (TPSA) is 46.3 Å². The van der Waals surface area contributed by atoms with E-state index in [4.69, 9.17) is 5.73 Å². The lowest BCUT2D eigenvalue weighted by Crippen LogP contribution is -2.25. The number of nitrogens with two attached hydrogens (primary N) is 1. The maximum absolute atomic E-state index is 11.3. The van der Waals surface area contributed by atoms with Crippen molar-refractivity contribution in [1.82, 2.24) is 4.90 Å². The Hall–Kier alpha value is -1.35. The van der Waals surface area contributed by atoms with Gasteiger partial charge in [0.05, 0.1) is 0 Å². The van der Waals surface area contributed by atoms with Gasteiger partial charge in [-0.15, -0.1) is 0 Å². The number of benzene rings is 1. The first-order valence-electron chi connectivity index (χ1n) is 6.29. The molecule has 0 aliphatic carbocycles. The molecule has 1 aromatic rings. The third-order valence-corrected chi connectivity index (χ3v) is 2.95. The summed E-state index contributed by atoms with van der Waals surface area (Å²) in [4.78, 5) is 13.6. The molecule has 0 saturated heterocycles. The van der Waals surface area contributed by atoms with E-state index >= 15 is 0 Å². The lowest BCUT2D eigenvalue weighted by Gasteiger charge is -2.21. The van der Waals surface area contributed by atoms with Crippen LogP contribution in [0.5, 0.6) is 0 Å². The molecule has 0 radical (unpaired) electrons. The average Bonchev–Trinajstić information content (AvgIpc) is 2.34. The fourth-order valence-electron chi connectivity index (χ4n) is 1.87. The monoisotopic (exact) mass is 234 g/mol. The van der Waals surface area contributed by atoms with Gasteiger partial charge in [0.25, 0.3) is 0 Å². The predicted octanol–water partition coefficient (Wildman–Crippen LogP) is 2.41. The Morgan fingerprint density at radius 2 is 2.00 bits per heavy atom. The molecule has 1 amide bonds. The standard InChI is InChI=1S/C14H22N2O/c1-3-5-10-16(4-2)11-12-8-6-7-9-13(12)14(15)17/h6-9H,3-5,10-11H2,1-2H3,(H2,15,17). The smallest absolute Gasteiger partial charge is 0.249 e. The molecule has 0 unspecified atom stereocenters. The third kappa shape index (κ3) is 4.19. The summed E-state index contributed by atoms with van der Waals surface area (Å²) in [5, 5.41) is 0. The zero-order valence-corrected chi connectivity index (χ0v) is 10.8. The first-order valence-corrected chi connectivity index (χ1v) is 6.29. The van der Waals surface area contributed by atoms with Gasteiger partial charge in [-0.25, -0.2) is 0 Å². The highest BCUT2D eigenvalue weighted by molar-refractivity contribution is 5.94. The summed E-state index contributed by atoms with van der Waals surface area (Å²) in [6, 6.07) is 7.58. The van der Waals surface area contributed by atoms with E-state index in [2.05, 4.69) is 18.7 Å². The highest BCUT2D eigenvalue weighted by atomic mass is 16.1. The second-order valence-corrected chi connectivity index (χ2v) is 4.24. The maximum atomic E-state index is 11.3. The molecule has 0 aromatic heterocycles. The zero-order valence-electron chi connectivity index (χ0n) is 10.8. The number of rotatable bonds is 7. The fraction of sp³-hybridized carbons (Fsp3) is 0.500. The van der Waals surface area contributed by atoms with Crippen LogP contribution in [0.25, 0.3) is 0 Å². The zero-order chi connectivity index (χ0) is 12.7. The molecule has 0 fully saturated rings. The second kappa shape index (κ2) is 7.07. The minimum atomic E-state index is -0.341. The lowest BCUT2D eigenvalue weighted by atomic mass is 10.1. The van der Waals surface area contributed by atoms with Gasteiger partial charge < -0.3 is 5.73 Å². The summed E-state index contributed by atoms with van der Waals surface area (Å²) >= 11 is 0. The molecule has 0 heterocycles. The Labute approximate surface area is 104 Å². The van der Waals surface area contributed by atoms with Crippen molar-refractivity contribution in [3.8, 4) is 0 Å². The first-order chi connectivity index (χ1) is 8.19. The number of amides is 1. The van der Waals surface area contributed by atoms with Crippen LogP contribution in [0.15, 0.2) is 24.3 Å². The van der Waals surface area contributed by atoms with Crippen LogP contribution in [0.4, 0.5) is 0 Å². The van der Waals surface area contributed by atoms with Crippen molar-refractivity contribution < 1.29 is 4.79 Å². The largest absolute Gasteiger partial charge is 0.366 e. The molecular weight excluding hydrogens is 212 g/mol. The van der Waals surface area contributed by atoms with Crippen molar-refractivity contribution in [1.29, 1.82) is 0 Å². The Balaban J connectivity index is 2.75. The molecule has 1 aromatic carbocycles. The lowest BCUT2D eigenvalue weighted by molar-refractivity contribution is 0.0998. The molecule has 1 rings (SSSR count). The number of primary amides is 1. The van der Waals surface area contributed by atoms with Crippen molar-refractivity contribution >= 4 is 5.91 Å². The Morgan fingerprint density at radius 3 is 2.59 bits per heavy atom. The summed E-state index contributed by atoms with van der Waals surface area (Å²) in [6.07, 6.45) is 2.38. The fourth-order valence-corrected chi connectivity index (χ4v) is 1.87. The normalized spacial score (nSPS) is 10.8. The second-order valence-electron chi connectivity index (χ2n) is 4.24. The van der Waals surface area contributed by atoms with Gasteiger partial charge in [-0.2, -0.15) is 0 Å². The number of nitrogens with zero attached hydrogens (tertiary/aromatic N) is 1. The van der Waals surface area contributed by atoms with Crippen molar-refractivity contribution in [2.24, 2.45) is 5.73 Å². The van der Waals surface area contributed by atoms with E-state index in [1.54, 1.807) is 6.07 Å². The predicted molar refractivity (Wildman–Crippen MR) is 70.8 cm³/mol. The molecule has 94 valence electrons. The Bertz CT molecular complexity index is 363. The van der Waals surface area contributed by atoms with Crippen LogP contribution in [0.3, 0.4) is 0 Å². The molecule has 0 bridgehead atoms. The van der Waals surface area contributed by atoms with E-state index in [1.165, 1.54) is 12.8 Å². The van der Waals surface area contributed by atoms with Crippen LogP contribution in [-0.2, 0) is 6.54 Å². The average molecular weight is 234 g/mol. The minimum absolute atomic E-state index is 0.341. The molecule has 0 aliphatic heterocycles. The summed E-state index contributed by atoms with van der Waals surface area (Å²) in [5.41, 5.74) is 7.04. The van der Waals surface area contributed by atoms with Crippen LogP contribution < -0.4 is 5.73 Å². The van der Waals surface area contributed by atoms with Gasteiger partial charge in [0.15, 0.2) is 0 Å². The van der Waals surface area contributed by atoms with Crippen molar-refractivity contribution in [2.75, 3.05) is 13.1 Å². The van der Waals surface area contributed by atoms with Crippen LogP contribution in [0, 0.1) is 0 Å². The summed E-state index contributed by atoms with van der Waals surface area (Å²) in [6.45, 7) is 7.19. The molecule has 0 aliphatic rings. The Kier molecular flexibility index (Phi) is 5.70. The number of carbonyl (C=O) groups is 1. The summed E-state index contributed by atoms with van der Waals surface area (Å²) in [7, 11) is 0. The molecule has 17 heavy (non-hydrogen) atoms. The quantitative estimate of drug-likeness (QED) is 0.787. The van der Waals surface area contributed by atoms with E-state index in [0.29, 0.717) is 5.56 Å². The molecule has 0 atom stereocenters. The molecule has 3 nitrogen and oxygen atoms in total.